The Bertz CT molecular complexity index is 683. The number of carbonyl (C=O) groups excluding carboxylic acids is 2. The Morgan fingerprint density at radius 3 is 2.45 bits per heavy atom. The Hall–Kier alpha value is -2.69. The molecule has 0 aromatic heterocycles. The first kappa shape index (κ1) is 15.7. The van der Waals surface area contributed by atoms with E-state index in [4.69, 9.17) is 4.74 Å². The van der Waals surface area contributed by atoms with Crippen molar-refractivity contribution in [3.63, 3.8) is 0 Å². The predicted octanol–water partition coefficient (Wildman–Crippen LogP) is 3.43. The number of Topliss-reactive ketones (excluding diaryl/α,β-unsaturated/α-hetero) is 1. The normalized spacial score (nSPS) is 11.6. The number of amides is 1. The predicted molar refractivity (Wildman–Crippen MR) is 81.6 cm³/mol. The minimum Gasteiger partial charge on any atom is -0.481 e. The standard InChI is InChI=1S/C17H16FNO3/c1-11(20)13-4-3-5-15(10-13)19-17(21)12(2)22-16-8-6-14(18)7-9-16/h3-10,12H,1-2H3,(H,19,21)/t12-/m1/s1. The van der Waals surface area contributed by atoms with Gasteiger partial charge in [-0.3, -0.25) is 9.59 Å². The van der Waals surface area contributed by atoms with Crippen molar-refractivity contribution >= 4 is 17.4 Å². The van der Waals surface area contributed by atoms with Crippen LogP contribution >= 0.6 is 0 Å². The quantitative estimate of drug-likeness (QED) is 0.861. The second-order valence-electron chi connectivity index (χ2n) is 4.84. The zero-order chi connectivity index (χ0) is 16.1. The highest BCUT2D eigenvalue weighted by Crippen LogP contribution is 2.15. The minimum absolute atomic E-state index is 0.0771. The summed E-state index contributed by atoms with van der Waals surface area (Å²) in [5.74, 6) is -0.399. The molecule has 5 heteroatoms. The van der Waals surface area contributed by atoms with Crippen LogP contribution in [-0.4, -0.2) is 17.8 Å². The van der Waals surface area contributed by atoms with E-state index in [1.165, 1.54) is 31.2 Å². The molecule has 2 aromatic carbocycles. The number of anilines is 1. The molecule has 0 fully saturated rings. The van der Waals surface area contributed by atoms with Gasteiger partial charge in [-0.1, -0.05) is 12.1 Å². The second-order valence-corrected chi connectivity index (χ2v) is 4.84. The molecule has 22 heavy (non-hydrogen) atoms. The zero-order valence-electron chi connectivity index (χ0n) is 12.3. The number of hydrogen-bond acceptors (Lipinski definition) is 3. The Labute approximate surface area is 127 Å². The summed E-state index contributed by atoms with van der Waals surface area (Å²) in [4.78, 5) is 23.4. The fraction of sp³-hybridized carbons (Fsp3) is 0.176. The summed E-state index contributed by atoms with van der Waals surface area (Å²) >= 11 is 0. The van der Waals surface area contributed by atoms with Crippen LogP contribution in [0.1, 0.15) is 24.2 Å². The maximum atomic E-state index is 12.8. The van der Waals surface area contributed by atoms with Crippen molar-refractivity contribution in [1.82, 2.24) is 0 Å². The summed E-state index contributed by atoms with van der Waals surface area (Å²) in [6.07, 6.45) is -0.758. The third-order valence-corrected chi connectivity index (χ3v) is 3.03. The molecule has 0 aliphatic heterocycles. The maximum Gasteiger partial charge on any atom is 0.265 e. The number of hydrogen-bond donors (Lipinski definition) is 1. The highest BCUT2D eigenvalue weighted by atomic mass is 19.1. The molecular weight excluding hydrogens is 285 g/mol. The fourth-order valence-corrected chi connectivity index (χ4v) is 1.83. The van der Waals surface area contributed by atoms with E-state index in [1.54, 1.807) is 31.2 Å². The van der Waals surface area contributed by atoms with Crippen LogP contribution in [0.5, 0.6) is 5.75 Å². The van der Waals surface area contributed by atoms with Crippen LogP contribution < -0.4 is 10.1 Å². The summed E-state index contributed by atoms with van der Waals surface area (Å²) in [7, 11) is 0. The van der Waals surface area contributed by atoms with Gasteiger partial charge in [-0.15, -0.1) is 0 Å². The number of carbonyl (C=O) groups is 2. The van der Waals surface area contributed by atoms with Crippen molar-refractivity contribution in [2.45, 2.75) is 20.0 Å². The largest absolute Gasteiger partial charge is 0.481 e. The summed E-state index contributed by atoms with van der Waals surface area (Å²) in [6.45, 7) is 3.05. The molecule has 0 spiro atoms. The number of halogens is 1. The maximum absolute atomic E-state index is 12.8. The lowest BCUT2D eigenvalue weighted by Crippen LogP contribution is -2.30. The highest BCUT2D eigenvalue weighted by molar-refractivity contribution is 5.98. The third-order valence-electron chi connectivity index (χ3n) is 3.03. The van der Waals surface area contributed by atoms with E-state index < -0.39 is 6.10 Å². The van der Waals surface area contributed by atoms with Crippen LogP contribution in [0, 0.1) is 5.82 Å². The summed E-state index contributed by atoms with van der Waals surface area (Å²) in [6, 6.07) is 12.1. The van der Waals surface area contributed by atoms with Crippen LogP contribution in [0.4, 0.5) is 10.1 Å². The molecule has 0 heterocycles. The zero-order valence-corrected chi connectivity index (χ0v) is 12.3. The van der Waals surface area contributed by atoms with Gasteiger partial charge in [-0.2, -0.15) is 0 Å². The van der Waals surface area contributed by atoms with Gasteiger partial charge in [0.15, 0.2) is 11.9 Å². The van der Waals surface area contributed by atoms with Crippen molar-refractivity contribution in [1.29, 1.82) is 0 Å². The van der Waals surface area contributed by atoms with E-state index in [0.29, 0.717) is 17.0 Å². The minimum atomic E-state index is -0.758. The van der Waals surface area contributed by atoms with E-state index in [9.17, 15) is 14.0 Å². The topological polar surface area (TPSA) is 55.4 Å². The van der Waals surface area contributed by atoms with Crippen LogP contribution in [0.15, 0.2) is 48.5 Å². The first-order valence-corrected chi connectivity index (χ1v) is 6.80. The van der Waals surface area contributed by atoms with E-state index in [2.05, 4.69) is 5.32 Å². The number of ether oxygens (including phenoxy) is 1. The van der Waals surface area contributed by atoms with Gasteiger partial charge in [0.2, 0.25) is 0 Å². The number of benzene rings is 2. The number of nitrogens with one attached hydrogen (secondary N) is 1. The Morgan fingerprint density at radius 1 is 1.14 bits per heavy atom. The molecular formula is C17H16FNO3. The number of rotatable bonds is 5. The molecule has 0 aliphatic rings. The molecule has 0 unspecified atom stereocenters. The fourth-order valence-electron chi connectivity index (χ4n) is 1.83. The van der Waals surface area contributed by atoms with Gasteiger partial charge in [0.05, 0.1) is 0 Å². The monoisotopic (exact) mass is 301 g/mol. The van der Waals surface area contributed by atoms with Gasteiger partial charge < -0.3 is 10.1 Å². The van der Waals surface area contributed by atoms with Gasteiger partial charge in [-0.05, 0) is 50.2 Å². The Morgan fingerprint density at radius 2 is 1.82 bits per heavy atom. The molecule has 114 valence electrons. The van der Waals surface area contributed by atoms with Gasteiger partial charge in [0.25, 0.3) is 5.91 Å². The van der Waals surface area contributed by atoms with Crippen molar-refractivity contribution in [2.24, 2.45) is 0 Å². The van der Waals surface area contributed by atoms with E-state index >= 15 is 0 Å². The molecule has 0 aliphatic carbocycles. The molecule has 2 rings (SSSR count). The average molecular weight is 301 g/mol. The second kappa shape index (κ2) is 6.85. The van der Waals surface area contributed by atoms with E-state index in [-0.39, 0.29) is 17.5 Å². The summed E-state index contributed by atoms with van der Waals surface area (Å²) < 4.78 is 18.2. The Kier molecular flexibility index (Phi) is 4.88. The molecule has 2 aromatic rings. The van der Waals surface area contributed by atoms with Gasteiger partial charge in [-0.25, -0.2) is 4.39 Å². The summed E-state index contributed by atoms with van der Waals surface area (Å²) in [5, 5.41) is 2.68. The van der Waals surface area contributed by atoms with Crippen LogP contribution in [0.3, 0.4) is 0 Å². The first-order valence-electron chi connectivity index (χ1n) is 6.80. The van der Waals surface area contributed by atoms with Crippen molar-refractivity contribution in [2.75, 3.05) is 5.32 Å². The van der Waals surface area contributed by atoms with E-state index in [0.717, 1.165) is 0 Å². The molecule has 1 N–H and O–H groups in total. The van der Waals surface area contributed by atoms with Crippen LogP contribution in [0.2, 0.25) is 0 Å². The molecule has 0 radical (unpaired) electrons. The lowest BCUT2D eigenvalue weighted by Gasteiger charge is -2.15. The summed E-state index contributed by atoms with van der Waals surface area (Å²) in [5.41, 5.74) is 1.04. The molecule has 0 bridgehead atoms. The van der Waals surface area contributed by atoms with Crippen molar-refractivity contribution in [3.05, 3.63) is 59.9 Å². The lowest BCUT2D eigenvalue weighted by molar-refractivity contribution is -0.122. The smallest absolute Gasteiger partial charge is 0.265 e. The Balaban J connectivity index is 2.00. The SMILES string of the molecule is CC(=O)c1cccc(NC(=O)[C@@H](C)Oc2ccc(F)cc2)c1. The van der Waals surface area contributed by atoms with Crippen molar-refractivity contribution < 1.29 is 18.7 Å². The van der Waals surface area contributed by atoms with Gasteiger partial charge in [0.1, 0.15) is 11.6 Å². The highest BCUT2D eigenvalue weighted by Gasteiger charge is 2.15. The molecule has 4 nitrogen and oxygen atoms in total. The average Bonchev–Trinajstić information content (AvgIpc) is 2.49. The first-order chi connectivity index (χ1) is 10.5. The lowest BCUT2D eigenvalue weighted by atomic mass is 10.1. The molecule has 1 amide bonds. The van der Waals surface area contributed by atoms with Gasteiger partial charge >= 0.3 is 0 Å². The van der Waals surface area contributed by atoms with Crippen LogP contribution in [0.25, 0.3) is 0 Å². The van der Waals surface area contributed by atoms with Crippen molar-refractivity contribution in [3.8, 4) is 5.75 Å². The molecule has 0 saturated heterocycles. The molecule has 1 atom stereocenters. The molecule has 0 saturated carbocycles. The van der Waals surface area contributed by atoms with Crippen LogP contribution in [-0.2, 0) is 4.79 Å². The van der Waals surface area contributed by atoms with E-state index in [1.807, 2.05) is 0 Å². The number of ketones is 1. The third kappa shape index (κ3) is 4.15. The van der Waals surface area contributed by atoms with Gasteiger partial charge in [0, 0.05) is 11.3 Å².